The van der Waals surface area contributed by atoms with Crippen molar-refractivity contribution in [2.24, 2.45) is 5.73 Å². The van der Waals surface area contributed by atoms with Crippen LogP contribution >= 0.6 is 0 Å². The first kappa shape index (κ1) is 19.5. The molecule has 2 aromatic carbocycles. The highest BCUT2D eigenvalue weighted by atomic mass is 16.5. The summed E-state index contributed by atoms with van der Waals surface area (Å²) in [6.07, 6.45) is 0.482. The number of nitrogens with one attached hydrogen (secondary N) is 1. The summed E-state index contributed by atoms with van der Waals surface area (Å²) in [6.45, 7) is 3.17. The van der Waals surface area contributed by atoms with Crippen LogP contribution in [0.1, 0.15) is 33.5 Å². The van der Waals surface area contributed by atoms with Crippen molar-refractivity contribution in [1.29, 1.82) is 0 Å². The molecule has 1 aliphatic heterocycles. The molecule has 1 aliphatic rings. The van der Waals surface area contributed by atoms with Crippen LogP contribution in [0, 0.1) is 0 Å². The molecule has 0 saturated carbocycles. The van der Waals surface area contributed by atoms with Gasteiger partial charge in [0.1, 0.15) is 11.4 Å². The lowest BCUT2D eigenvalue weighted by Crippen LogP contribution is -2.39. The van der Waals surface area contributed by atoms with Gasteiger partial charge in [-0.25, -0.2) is 4.68 Å². The van der Waals surface area contributed by atoms with E-state index in [0.717, 1.165) is 17.9 Å². The Hall–Kier alpha value is -3.81. The Morgan fingerprint density at radius 1 is 1.20 bits per heavy atom. The number of fused-ring (bicyclic) bond motifs is 1. The van der Waals surface area contributed by atoms with Gasteiger partial charge >= 0.3 is 0 Å². The molecule has 1 aromatic heterocycles. The highest BCUT2D eigenvalue weighted by Gasteiger charge is 2.35. The van der Waals surface area contributed by atoms with E-state index in [0.29, 0.717) is 35.7 Å². The minimum atomic E-state index is -0.646. The van der Waals surface area contributed by atoms with Crippen LogP contribution in [0.2, 0.25) is 0 Å². The number of hydrogen-bond acceptors (Lipinski definition) is 5. The molecule has 30 heavy (non-hydrogen) atoms. The van der Waals surface area contributed by atoms with Crippen LogP contribution in [0.3, 0.4) is 0 Å². The number of primary amides is 1. The van der Waals surface area contributed by atoms with Gasteiger partial charge in [-0.15, -0.1) is 0 Å². The van der Waals surface area contributed by atoms with Crippen LogP contribution < -0.4 is 20.7 Å². The number of carbonyl (C=O) groups is 2. The number of nitrogens with zero attached hydrogens (tertiary/aromatic N) is 3. The third kappa shape index (κ3) is 3.26. The van der Waals surface area contributed by atoms with Gasteiger partial charge in [-0.3, -0.25) is 9.59 Å². The number of ether oxygens (including phenoxy) is 1. The van der Waals surface area contributed by atoms with Crippen molar-refractivity contribution in [2.75, 3.05) is 30.4 Å². The summed E-state index contributed by atoms with van der Waals surface area (Å²) >= 11 is 0. The minimum absolute atomic E-state index is 0.133. The molecular formula is C22H23N5O3. The largest absolute Gasteiger partial charge is 0.497 e. The van der Waals surface area contributed by atoms with Crippen molar-refractivity contribution < 1.29 is 14.3 Å². The Morgan fingerprint density at radius 2 is 1.93 bits per heavy atom. The second-order valence-corrected chi connectivity index (χ2v) is 6.90. The van der Waals surface area contributed by atoms with Gasteiger partial charge in [0.05, 0.1) is 24.2 Å². The van der Waals surface area contributed by atoms with Gasteiger partial charge < -0.3 is 20.7 Å². The molecule has 8 heteroatoms. The summed E-state index contributed by atoms with van der Waals surface area (Å²) in [6, 6.07) is 14.8. The lowest BCUT2D eigenvalue weighted by Gasteiger charge is -2.29. The van der Waals surface area contributed by atoms with Crippen LogP contribution in [0.25, 0.3) is 5.69 Å². The number of anilines is 2. The topological polar surface area (TPSA) is 102 Å². The van der Waals surface area contributed by atoms with E-state index in [2.05, 4.69) is 10.4 Å². The number of nitrogens with two attached hydrogens (primary N) is 1. The van der Waals surface area contributed by atoms with Gasteiger partial charge in [-0.05, 0) is 49.7 Å². The van der Waals surface area contributed by atoms with E-state index >= 15 is 0 Å². The third-order valence-electron chi connectivity index (χ3n) is 5.13. The van der Waals surface area contributed by atoms with Crippen LogP contribution in [-0.4, -0.2) is 41.8 Å². The fourth-order valence-corrected chi connectivity index (χ4v) is 3.75. The van der Waals surface area contributed by atoms with Gasteiger partial charge in [-0.1, -0.05) is 12.1 Å². The van der Waals surface area contributed by atoms with Crippen molar-refractivity contribution in [1.82, 2.24) is 9.78 Å². The van der Waals surface area contributed by atoms with Crippen LogP contribution in [0.4, 0.5) is 11.4 Å². The molecule has 0 aliphatic carbocycles. The molecule has 8 nitrogen and oxygen atoms in total. The van der Waals surface area contributed by atoms with Crippen molar-refractivity contribution >= 4 is 23.2 Å². The molecule has 3 N–H and O–H groups in total. The molecule has 0 fully saturated rings. The molecule has 0 atom stereocenters. The Bertz CT molecular complexity index is 1100. The molecule has 0 bridgehead atoms. The van der Waals surface area contributed by atoms with Gasteiger partial charge in [0.25, 0.3) is 11.8 Å². The maximum atomic E-state index is 13.6. The smallest absolute Gasteiger partial charge is 0.277 e. The average Bonchev–Trinajstić information content (AvgIpc) is 3.16. The number of benzene rings is 2. The second kappa shape index (κ2) is 7.90. The Labute approximate surface area is 174 Å². The van der Waals surface area contributed by atoms with Crippen LogP contribution in [0.15, 0.2) is 48.5 Å². The van der Waals surface area contributed by atoms with Gasteiger partial charge in [0.15, 0.2) is 5.69 Å². The average molecular weight is 405 g/mol. The number of carbonyl (C=O) groups excluding carboxylic acids is 2. The monoisotopic (exact) mass is 405 g/mol. The molecule has 0 radical (unpaired) electrons. The zero-order chi connectivity index (χ0) is 21.3. The van der Waals surface area contributed by atoms with Gasteiger partial charge in [0.2, 0.25) is 0 Å². The van der Waals surface area contributed by atoms with E-state index in [4.69, 9.17) is 10.5 Å². The van der Waals surface area contributed by atoms with Crippen molar-refractivity contribution in [3.63, 3.8) is 0 Å². The van der Waals surface area contributed by atoms with E-state index in [-0.39, 0.29) is 11.6 Å². The lowest BCUT2D eigenvalue weighted by molar-refractivity contribution is 0.0972. The maximum absolute atomic E-state index is 13.6. The fraction of sp³-hybridized carbons (Fsp3) is 0.227. The minimum Gasteiger partial charge on any atom is -0.497 e. The first-order valence-electron chi connectivity index (χ1n) is 9.76. The first-order chi connectivity index (χ1) is 14.5. The first-order valence-corrected chi connectivity index (χ1v) is 9.76. The molecule has 2 amide bonds. The molecule has 0 unspecified atom stereocenters. The zero-order valence-corrected chi connectivity index (χ0v) is 16.9. The van der Waals surface area contributed by atoms with E-state index < -0.39 is 5.91 Å². The summed E-state index contributed by atoms with van der Waals surface area (Å²) in [7, 11) is 1.58. The Kier molecular flexibility index (Phi) is 5.14. The number of methoxy groups -OCH3 is 1. The number of aromatic nitrogens is 2. The lowest BCUT2D eigenvalue weighted by atomic mass is 10.0. The highest BCUT2D eigenvalue weighted by Crippen LogP contribution is 2.32. The Morgan fingerprint density at radius 3 is 2.60 bits per heavy atom. The summed E-state index contributed by atoms with van der Waals surface area (Å²) in [4.78, 5) is 27.3. The van der Waals surface area contributed by atoms with Gasteiger partial charge in [-0.2, -0.15) is 5.10 Å². The molecule has 154 valence electrons. The fourth-order valence-electron chi connectivity index (χ4n) is 3.75. The van der Waals surface area contributed by atoms with E-state index in [1.807, 2.05) is 31.2 Å². The molecule has 3 aromatic rings. The maximum Gasteiger partial charge on any atom is 0.277 e. The predicted octanol–water partition coefficient (Wildman–Crippen LogP) is 2.61. The van der Waals surface area contributed by atoms with Crippen molar-refractivity contribution in [3.8, 4) is 11.4 Å². The van der Waals surface area contributed by atoms with Crippen LogP contribution in [0.5, 0.6) is 5.75 Å². The van der Waals surface area contributed by atoms with E-state index in [1.165, 1.54) is 4.68 Å². The molecule has 2 heterocycles. The normalized spacial score (nSPS) is 13.1. The molecule has 0 saturated heterocycles. The zero-order valence-electron chi connectivity index (χ0n) is 16.9. The molecule has 0 spiro atoms. The Balaban J connectivity index is 1.83. The predicted molar refractivity (Wildman–Crippen MR) is 115 cm³/mol. The van der Waals surface area contributed by atoms with E-state index in [9.17, 15) is 9.59 Å². The summed E-state index contributed by atoms with van der Waals surface area (Å²) in [5, 5.41) is 7.69. The third-order valence-corrected chi connectivity index (χ3v) is 5.13. The number of hydrogen-bond donors (Lipinski definition) is 2. The molecule has 4 rings (SSSR count). The summed E-state index contributed by atoms with van der Waals surface area (Å²) in [5.74, 6) is -0.187. The second-order valence-electron chi connectivity index (χ2n) is 6.90. The van der Waals surface area contributed by atoms with Gasteiger partial charge in [0, 0.05) is 18.7 Å². The summed E-state index contributed by atoms with van der Waals surface area (Å²) in [5.41, 5.74) is 8.95. The quantitative estimate of drug-likeness (QED) is 0.656. The standard InChI is InChI=1S/C22H23N5O3/c1-3-24-17-6-4-5-7-18(17)26-13-12-16-19(21(23)28)25-27(20(16)22(26)29)14-8-10-15(30-2)11-9-14/h4-11,24H,3,12-13H2,1-2H3,(H2,23,28). The van der Waals surface area contributed by atoms with E-state index in [1.54, 1.807) is 36.3 Å². The molecular weight excluding hydrogens is 382 g/mol. The van der Waals surface area contributed by atoms with Crippen molar-refractivity contribution in [3.05, 3.63) is 65.5 Å². The SMILES string of the molecule is CCNc1ccccc1N1CCc2c(C(N)=O)nn(-c3ccc(OC)cc3)c2C1=O. The number of para-hydroxylation sites is 2. The van der Waals surface area contributed by atoms with Crippen LogP contribution in [-0.2, 0) is 6.42 Å². The number of rotatable bonds is 6. The summed E-state index contributed by atoms with van der Waals surface area (Å²) < 4.78 is 6.71. The van der Waals surface area contributed by atoms with Crippen molar-refractivity contribution in [2.45, 2.75) is 13.3 Å². The number of amides is 2. The highest BCUT2D eigenvalue weighted by molar-refractivity contribution is 6.10.